The molecule has 1 aliphatic heterocycles. The zero-order valence-electron chi connectivity index (χ0n) is 18.8. The highest BCUT2D eigenvalue weighted by Crippen LogP contribution is 2.21. The van der Waals surface area contributed by atoms with Crippen LogP contribution < -0.4 is 5.32 Å². The van der Waals surface area contributed by atoms with E-state index in [1.165, 1.54) is 6.07 Å². The lowest BCUT2D eigenvalue weighted by molar-refractivity contribution is -0.141. The van der Waals surface area contributed by atoms with E-state index in [0.717, 1.165) is 6.42 Å². The summed E-state index contributed by atoms with van der Waals surface area (Å²) in [5.74, 6) is 0.324. The van der Waals surface area contributed by atoms with Crippen LogP contribution in [0, 0.1) is 11.8 Å². The van der Waals surface area contributed by atoms with Gasteiger partial charge in [-0.1, -0.05) is 50.9 Å². The minimum Gasteiger partial charge on any atom is -0.340 e. The Hall–Kier alpha value is -1.79. The van der Waals surface area contributed by atoms with Gasteiger partial charge in [-0.3, -0.25) is 14.4 Å². The van der Waals surface area contributed by atoms with Crippen molar-refractivity contribution in [1.82, 2.24) is 15.1 Å². The maximum atomic E-state index is 13.2. The number of carbonyl (C=O) groups excluding carboxylic acids is 3. The largest absolute Gasteiger partial charge is 0.340 e. The van der Waals surface area contributed by atoms with Gasteiger partial charge >= 0.3 is 0 Å². The second-order valence-corrected chi connectivity index (χ2v) is 9.76. The fourth-order valence-electron chi connectivity index (χ4n) is 3.57. The fourth-order valence-corrected chi connectivity index (χ4v) is 4.06. The van der Waals surface area contributed by atoms with Gasteiger partial charge in [0, 0.05) is 37.6 Å². The minimum absolute atomic E-state index is 0.124. The molecule has 0 aliphatic carbocycles. The fraction of sp³-hybridized carbons (Fsp3) is 0.609. The van der Waals surface area contributed by atoms with E-state index in [0.29, 0.717) is 50.0 Å². The molecule has 1 heterocycles. The minimum atomic E-state index is -0.651. The molecular weight excluding hydrogens is 437 g/mol. The van der Waals surface area contributed by atoms with Gasteiger partial charge in [0.2, 0.25) is 11.8 Å². The van der Waals surface area contributed by atoms with Gasteiger partial charge in [0.1, 0.15) is 6.04 Å². The van der Waals surface area contributed by atoms with E-state index in [1.807, 2.05) is 18.7 Å². The van der Waals surface area contributed by atoms with Crippen LogP contribution in [-0.4, -0.2) is 59.7 Å². The van der Waals surface area contributed by atoms with Crippen molar-refractivity contribution in [3.63, 3.8) is 0 Å². The molecule has 1 unspecified atom stereocenters. The molecule has 172 valence electrons. The van der Waals surface area contributed by atoms with Crippen LogP contribution in [0.1, 0.15) is 57.3 Å². The first-order valence-electron chi connectivity index (χ1n) is 10.9. The van der Waals surface area contributed by atoms with E-state index in [1.54, 1.807) is 17.0 Å². The van der Waals surface area contributed by atoms with Crippen LogP contribution in [0.3, 0.4) is 0 Å². The van der Waals surface area contributed by atoms with Gasteiger partial charge in [0.25, 0.3) is 5.91 Å². The number of nitrogens with zero attached hydrogens (tertiary/aromatic N) is 2. The van der Waals surface area contributed by atoms with Gasteiger partial charge in [-0.05, 0) is 42.9 Å². The van der Waals surface area contributed by atoms with Crippen molar-refractivity contribution >= 4 is 40.9 Å². The summed E-state index contributed by atoms with van der Waals surface area (Å²) in [6, 6.07) is 4.00. The van der Waals surface area contributed by atoms with Gasteiger partial charge in [-0.2, -0.15) is 0 Å². The molecule has 1 aromatic carbocycles. The third-order valence-electron chi connectivity index (χ3n) is 5.37. The van der Waals surface area contributed by atoms with E-state index in [2.05, 4.69) is 19.2 Å². The Labute approximate surface area is 195 Å². The summed E-state index contributed by atoms with van der Waals surface area (Å²) >= 11 is 12.1. The molecule has 6 nitrogen and oxygen atoms in total. The summed E-state index contributed by atoms with van der Waals surface area (Å²) in [6.07, 6.45) is 1.93. The van der Waals surface area contributed by atoms with E-state index in [4.69, 9.17) is 23.2 Å². The van der Waals surface area contributed by atoms with Crippen LogP contribution in [-0.2, 0) is 9.59 Å². The highest BCUT2D eigenvalue weighted by molar-refractivity contribution is 6.36. The van der Waals surface area contributed by atoms with Crippen LogP contribution >= 0.6 is 23.2 Å². The Morgan fingerprint density at radius 1 is 0.968 bits per heavy atom. The second kappa shape index (κ2) is 11.7. The molecule has 0 saturated carbocycles. The molecule has 2 rings (SSSR count). The lowest BCUT2D eigenvalue weighted by atomic mass is 10.0. The third kappa shape index (κ3) is 7.69. The Morgan fingerprint density at radius 3 is 2.13 bits per heavy atom. The van der Waals surface area contributed by atoms with Crippen molar-refractivity contribution in [2.24, 2.45) is 11.8 Å². The molecule has 1 fully saturated rings. The number of nitrogens with one attached hydrogen (secondary N) is 1. The maximum Gasteiger partial charge on any atom is 0.253 e. The van der Waals surface area contributed by atoms with E-state index in [9.17, 15) is 14.4 Å². The highest BCUT2D eigenvalue weighted by atomic mass is 35.5. The zero-order valence-corrected chi connectivity index (χ0v) is 20.3. The molecule has 0 spiro atoms. The molecule has 1 aliphatic rings. The summed E-state index contributed by atoms with van der Waals surface area (Å²) in [7, 11) is 0. The summed E-state index contributed by atoms with van der Waals surface area (Å²) in [4.78, 5) is 41.9. The van der Waals surface area contributed by atoms with Crippen LogP contribution in [0.2, 0.25) is 10.0 Å². The maximum absolute atomic E-state index is 13.2. The van der Waals surface area contributed by atoms with Crippen LogP contribution in [0.4, 0.5) is 0 Å². The average molecular weight is 470 g/mol. The van der Waals surface area contributed by atoms with Crippen molar-refractivity contribution in [2.45, 2.75) is 53.0 Å². The lowest BCUT2D eigenvalue weighted by Gasteiger charge is -2.37. The molecule has 0 bridgehead atoms. The van der Waals surface area contributed by atoms with Crippen LogP contribution in [0.15, 0.2) is 18.2 Å². The molecule has 0 aromatic heterocycles. The van der Waals surface area contributed by atoms with E-state index in [-0.39, 0.29) is 28.3 Å². The van der Waals surface area contributed by atoms with E-state index < -0.39 is 11.9 Å². The zero-order chi connectivity index (χ0) is 23.1. The molecule has 1 N–H and O–H groups in total. The first-order valence-corrected chi connectivity index (χ1v) is 11.7. The summed E-state index contributed by atoms with van der Waals surface area (Å²) in [6.45, 7) is 10.2. The van der Waals surface area contributed by atoms with Crippen molar-refractivity contribution in [1.29, 1.82) is 0 Å². The molecular formula is C23H33Cl2N3O3. The van der Waals surface area contributed by atoms with Crippen molar-refractivity contribution in [2.75, 3.05) is 26.2 Å². The van der Waals surface area contributed by atoms with Crippen molar-refractivity contribution < 1.29 is 14.4 Å². The van der Waals surface area contributed by atoms with Crippen LogP contribution in [0.5, 0.6) is 0 Å². The quantitative estimate of drug-likeness (QED) is 0.618. The van der Waals surface area contributed by atoms with Crippen LogP contribution in [0.25, 0.3) is 0 Å². The Balaban J connectivity index is 2.00. The van der Waals surface area contributed by atoms with Gasteiger partial charge in [0.15, 0.2) is 0 Å². The Kier molecular flexibility index (Phi) is 9.63. The number of hydrogen-bond acceptors (Lipinski definition) is 3. The first kappa shape index (κ1) is 25.5. The number of hydrogen-bond donors (Lipinski definition) is 1. The summed E-state index contributed by atoms with van der Waals surface area (Å²) < 4.78 is 0. The normalized spacial score (nSPS) is 15.4. The molecule has 1 atom stereocenters. The SMILES string of the molecule is CC(C)CCC(=O)N1CCN(C(=O)C(CC(C)C)NC(=O)c2ccc(Cl)cc2Cl)CC1. The number of halogens is 2. The Morgan fingerprint density at radius 2 is 1.58 bits per heavy atom. The van der Waals surface area contributed by atoms with Crippen molar-refractivity contribution in [3.8, 4) is 0 Å². The number of carbonyl (C=O) groups is 3. The molecule has 31 heavy (non-hydrogen) atoms. The third-order valence-corrected chi connectivity index (χ3v) is 5.91. The number of benzene rings is 1. The smallest absolute Gasteiger partial charge is 0.253 e. The van der Waals surface area contributed by atoms with Gasteiger partial charge in [0.05, 0.1) is 10.6 Å². The molecule has 1 saturated heterocycles. The van der Waals surface area contributed by atoms with Gasteiger partial charge in [-0.25, -0.2) is 0 Å². The summed E-state index contributed by atoms with van der Waals surface area (Å²) in [5.41, 5.74) is 0.285. The van der Waals surface area contributed by atoms with E-state index >= 15 is 0 Å². The predicted octanol–water partition coefficient (Wildman–Crippen LogP) is 4.24. The first-order chi connectivity index (χ1) is 14.6. The lowest BCUT2D eigenvalue weighted by Crippen LogP contribution is -2.56. The topological polar surface area (TPSA) is 69.7 Å². The van der Waals surface area contributed by atoms with Gasteiger partial charge in [-0.15, -0.1) is 0 Å². The predicted molar refractivity (Wildman–Crippen MR) is 124 cm³/mol. The monoisotopic (exact) mass is 469 g/mol. The number of piperazine rings is 1. The van der Waals surface area contributed by atoms with Gasteiger partial charge < -0.3 is 15.1 Å². The molecule has 8 heteroatoms. The molecule has 0 radical (unpaired) electrons. The molecule has 1 aromatic rings. The molecule has 3 amide bonds. The second-order valence-electron chi connectivity index (χ2n) is 8.92. The highest BCUT2D eigenvalue weighted by Gasteiger charge is 2.30. The van der Waals surface area contributed by atoms with Crippen molar-refractivity contribution in [3.05, 3.63) is 33.8 Å². The standard InChI is InChI=1S/C23H33Cl2N3O3/c1-15(2)5-8-21(29)27-9-11-28(12-10-27)23(31)20(13-16(3)4)26-22(30)18-7-6-17(24)14-19(18)25/h6-7,14-16,20H,5,8-13H2,1-4H3,(H,26,30). The number of amides is 3. The summed E-state index contributed by atoms with van der Waals surface area (Å²) in [5, 5.41) is 3.54. The average Bonchev–Trinajstić information content (AvgIpc) is 2.70. The Bertz CT molecular complexity index is 790. The number of rotatable bonds is 8.